The fraction of sp³-hybridized carbons (Fsp3) is 0.529. The molecule has 1 N–H and O–H groups in total. The Kier molecular flexibility index (Phi) is 5.68. The number of amides is 2. The van der Waals surface area contributed by atoms with Crippen molar-refractivity contribution >= 4 is 17.7 Å². The summed E-state index contributed by atoms with van der Waals surface area (Å²) in [5, 5.41) is 2.63. The quantitative estimate of drug-likeness (QED) is 0.874. The highest BCUT2D eigenvalue weighted by Gasteiger charge is 2.34. The average Bonchev–Trinajstić information content (AvgIpc) is 2.96. The maximum absolute atomic E-state index is 12.3. The minimum absolute atomic E-state index is 0.232. The molecule has 0 unspecified atom stereocenters. The van der Waals surface area contributed by atoms with Crippen LogP contribution in [-0.2, 0) is 9.53 Å². The summed E-state index contributed by atoms with van der Waals surface area (Å²) in [7, 11) is 0. The third-order valence-electron chi connectivity index (χ3n) is 3.57. The van der Waals surface area contributed by atoms with Gasteiger partial charge in [0.25, 0.3) is 0 Å². The molecule has 1 fully saturated rings. The molecule has 6 nitrogen and oxygen atoms in total. The monoisotopic (exact) mass is 374 g/mol. The van der Waals surface area contributed by atoms with Crippen molar-refractivity contribution in [3.63, 3.8) is 0 Å². The number of anilines is 1. The molecule has 0 spiro atoms. The minimum atomic E-state index is -4.76. The SMILES string of the molecule is CC(C)(C)OC(=O)N1CC[C@H](C(=O)Nc2ccc(OC(F)(F)F)cc2)C1. The first-order valence-electron chi connectivity index (χ1n) is 8.07. The van der Waals surface area contributed by atoms with Gasteiger partial charge in [-0.1, -0.05) is 0 Å². The zero-order valence-corrected chi connectivity index (χ0v) is 14.7. The molecular formula is C17H21F3N2O4. The number of halogens is 3. The van der Waals surface area contributed by atoms with Crippen LogP contribution in [-0.4, -0.2) is 42.0 Å². The van der Waals surface area contributed by atoms with Gasteiger partial charge in [-0.25, -0.2) is 4.79 Å². The first-order chi connectivity index (χ1) is 11.9. The summed E-state index contributed by atoms with van der Waals surface area (Å²) in [4.78, 5) is 25.8. The molecule has 0 bridgehead atoms. The van der Waals surface area contributed by atoms with Crippen LogP contribution in [0.5, 0.6) is 5.75 Å². The van der Waals surface area contributed by atoms with Crippen molar-refractivity contribution in [2.45, 2.75) is 39.2 Å². The Balaban J connectivity index is 1.88. The molecule has 144 valence electrons. The second kappa shape index (κ2) is 7.43. The van der Waals surface area contributed by atoms with Crippen LogP contribution in [0.4, 0.5) is 23.7 Å². The highest BCUT2D eigenvalue weighted by atomic mass is 19.4. The lowest BCUT2D eigenvalue weighted by atomic mass is 10.1. The minimum Gasteiger partial charge on any atom is -0.444 e. The molecule has 1 heterocycles. The lowest BCUT2D eigenvalue weighted by Gasteiger charge is -2.24. The van der Waals surface area contributed by atoms with Crippen molar-refractivity contribution in [1.29, 1.82) is 0 Å². The van der Waals surface area contributed by atoms with Crippen LogP contribution in [0.2, 0.25) is 0 Å². The lowest BCUT2D eigenvalue weighted by molar-refractivity contribution is -0.274. The van der Waals surface area contributed by atoms with Crippen LogP contribution in [0.1, 0.15) is 27.2 Å². The molecule has 1 aromatic carbocycles. The average molecular weight is 374 g/mol. The van der Waals surface area contributed by atoms with Gasteiger partial charge in [0, 0.05) is 18.8 Å². The smallest absolute Gasteiger partial charge is 0.444 e. The molecule has 2 rings (SSSR count). The number of rotatable bonds is 3. The number of ether oxygens (including phenoxy) is 2. The van der Waals surface area contributed by atoms with E-state index in [-0.39, 0.29) is 18.2 Å². The summed E-state index contributed by atoms with van der Waals surface area (Å²) in [5.74, 6) is -1.08. The molecular weight excluding hydrogens is 353 g/mol. The largest absolute Gasteiger partial charge is 0.573 e. The number of carbonyl (C=O) groups excluding carboxylic acids is 2. The Morgan fingerprint density at radius 2 is 1.77 bits per heavy atom. The molecule has 9 heteroatoms. The number of alkyl halides is 3. The molecule has 0 aliphatic carbocycles. The van der Waals surface area contributed by atoms with Crippen molar-refractivity contribution in [3.8, 4) is 5.75 Å². The number of nitrogens with one attached hydrogen (secondary N) is 1. The van der Waals surface area contributed by atoms with Crippen molar-refractivity contribution < 1.29 is 32.2 Å². The van der Waals surface area contributed by atoms with Crippen LogP contribution in [0.25, 0.3) is 0 Å². The van der Waals surface area contributed by atoms with Crippen molar-refractivity contribution in [2.75, 3.05) is 18.4 Å². The number of hydrogen-bond donors (Lipinski definition) is 1. The second-order valence-electron chi connectivity index (χ2n) is 6.97. The van der Waals surface area contributed by atoms with E-state index in [2.05, 4.69) is 10.1 Å². The van der Waals surface area contributed by atoms with Crippen LogP contribution in [0, 0.1) is 5.92 Å². The first-order valence-corrected chi connectivity index (χ1v) is 8.07. The van der Waals surface area contributed by atoms with Crippen LogP contribution in [0.3, 0.4) is 0 Å². The van der Waals surface area contributed by atoms with Gasteiger partial charge >= 0.3 is 12.5 Å². The molecule has 1 aliphatic heterocycles. The predicted molar refractivity (Wildman–Crippen MR) is 87.7 cm³/mol. The Morgan fingerprint density at radius 1 is 1.15 bits per heavy atom. The topological polar surface area (TPSA) is 67.9 Å². The van der Waals surface area contributed by atoms with E-state index in [1.165, 1.54) is 17.0 Å². The van der Waals surface area contributed by atoms with Crippen LogP contribution >= 0.6 is 0 Å². The number of benzene rings is 1. The van der Waals surface area contributed by atoms with E-state index in [1.807, 2.05) is 0 Å². The van der Waals surface area contributed by atoms with E-state index in [0.29, 0.717) is 18.7 Å². The predicted octanol–water partition coefficient (Wildman–Crippen LogP) is 3.78. The third-order valence-corrected chi connectivity index (χ3v) is 3.57. The summed E-state index contributed by atoms with van der Waals surface area (Å²) >= 11 is 0. The summed E-state index contributed by atoms with van der Waals surface area (Å²) in [6, 6.07) is 4.87. The zero-order valence-electron chi connectivity index (χ0n) is 14.7. The highest BCUT2D eigenvalue weighted by molar-refractivity contribution is 5.93. The van der Waals surface area contributed by atoms with Gasteiger partial charge < -0.3 is 19.7 Å². The van der Waals surface area contributed by atoms with Crippen molar-refractivity contribution in [3.05, 3.63) is 24.3 Å². The summed E-state index contributed by atoms with van der Waals surface area (Å²) in [5.41, 5.74) is -0.266. The van der Waals surface area contributed by atoms with Crippen molar-refractivity contribution in [1.82, 2.24) is 4.90 Å². The standard InChI is InChI=1S/C17H21F3N2O4/c1-16(2,3)26-15(24)22-9-8-11(10-22)14(23)21-12-4-6-13(7-5-12)25-17(18,19)20/h4-7,11H,8-10H2,1-3H3,(H,21,23)/t11-/m0/s1. The maximum atomic E-state index is 12.3. The Morgan fingerprint density at radius 3 is 2.31 bits per heavy atom. The lowest BCUT2D eigenvalue weighted by Crippen LogP contribution is -2.36. The van der Waals surface area contributed by atoms with Gasteiger partial charge in [0.05, 0.1) is 5.92 Å². The van der Waals surface area contributed by atoms with Gasteiger partial charge in [-0.3, -0.25) is 4.79 Å². The zero-order chi connectivity index (χ0) is 19.5. The number of carbonyl (C=O) groups is 2. The molecule has 1 atom stereocenters. The maximum Gasteiger partial charge on any atom is 0.573 e. The number of likely N-dealkylation sites (tertiary alicyclic amines) is 1. The number of hydrogen-bond acceptors (Lipinski definition) is 4. The van der Waals surface area contributed by atoms with Gasteiger partial charge in [-0.15, -0.1) is 13.2 Å². The molecule has 26 heavy (non-hydrogen) atoms. The van der Waals surface area contributed by atoms with Crippen molar-refractivity contribution in [2.24, 2.45) is 5.92 Å². The summed E-state index contributed by atoms with van der Waals surface area (Å²) in [6.07, 6.45) is -4.75. The van der Waals surface area contributed by atoms with Crippen LogP contribution in [0.15, 0.2) is 24.3 Å². The van der Waals surface area contributed by atoms with Gasteiger partial charge in [0.15, 0.2) is 0 Å². The molecule has 0 saturated carbocycles. The molecule has 1 aromatic rings. The fourth-order valence-corrected chi connectivity index (χ4v) is 2.45. The van der Waals surface area contributed by atoms with E-state index >= 15 is 0 Å². The van der Waals surface area contributed by atoms with E-state index in [1.54, 1.807) is 20.8 Å². The van der Waals surface area contributed by atoms with Gasteiger partial charge in [0.2, 0.25) is 5.91 Å². The number of nitrogens with zero attached hydrogens (tertiary/aromatic N) is 1. The molecule has 0 aromatic heterocycles. The third kappa shape index (κ3) is 6.12. The molecule has 2 amide bonds. The van der Waals surface area contributed by atoms with E-state index in [4.69, 9.17) is 4.74 Å². The van der Waals surface area contributed by atoms with Gasteiger partial charge in [-0.05, 0) is 51.5 Å². The van der Waals surface area contributed by atoms with Gasteiger partial charge in [-0.2, -0.15) is 0 Å². The van der Waals surface area contributed by atoms with Crippen LogP contribution < -0.4 is 10.1 Å². The molecule has 0 radical (unpaired) electrons. The second-order valence-corrected chi connectivity index (χ2v) is 6.97. The highest BCUT2D eigenvalue weighted by Crippen LogP contribution is 2.25. The van der Waals surface area contributed by atoms with E-state index in [9.17, 15) is 22.8 Å². The first kappa shape index (κ1) is 19.9. The Hall–Kier alpha value is -2.45. The molecule has 1 saturated heterocycles. The van der Waals surface area contributed by atoms with E-state index in [0.717, 1.165) is 12.1 Å². The Labute approximate surface area is 149 Å². The fourth-order valence-electron chi connectivity index (χ4n) is 2.45. The van der Waals surface area contributed by atoms with E-state index < -0.39 is 24.0 Å². The normalized spacial score (nSPS) is 17.8. The summed E-state index contributed by atoms with van der Waals surface area (Å²) < 4.78 is 45.4. The Bertz CT molecular complexity index is 653. The summed E-state index contributed by atoms with van der Waals surface area (Å²) in [6.45, 7) is 5.92. The molecule has 1 aliphatic rings. The van der Waals surface area contributed by atoms with Gasteiger partial charge in [0.1, 0.15) is 11.4 Å².